The van der Waals surface area contributed by atoms with Crippen molar-refractivity contribution in [2.24, 2.45) is 5.10 Å². The maximum absolute atomic E-state index is 13.9. The highest BCUT2D eigenvalue weighted by Crippen LogP contribution is 2.36. The zero-order valence-corrected chi connectivity index (χ0v) is 27.5. The number of anilines is 1. The fraction of sp³-hybridized carbons (Fsp3) is 0.200. The molecule has 0 aliphatic heterocycles. The zero-order valence-electron chi connectivity index (χ0n) is 25.9. The van der Waals surface area contributed by atoms with Gasteiger partial charge in [-0.25, -0.2) is 9.37 Å². The van der Waals surface area contributed by atoms with E-state index in [2.05, 4.69) is 40.2 Å². The molecule has 0 spiro atoms. The number of hydrogen-bond donors (Lipinski definition) is 1. The number of fused-ring (bicyclic) bond motifs is 1. The molecule has 0 unspecified atom stereocenters. The second-order valence-corrected chi connectivity index (χ2v) is 11.7. The lowest BCUT2D eigenvalue weighted by Gasteiger charge is -2.17. The first-order valence-electron chi connectivity index (χ1n) is 14.4. The van der Waals surface area contributed by atoms with Gasteiger partial charge in [0, 0.05) is 21.3 Å². The fourth-order valence-corrected chi connectivity index (χ4v) is 5.44. The third-order valence-electron chi connectivity index (χ3n) is 7.23. The molecule has 0 bridgehead atoms. The van der Waals surface area contributed by atoms with Crippen LogP contribution in [0.5, 0.6) is 17.2 Å². The lowest BCUT2D eigenvalue weighted by molar-refractivity contribution is -0.118. The number of carbonyl (C=O) groups excluding carboxylic acids is 1. The van der Waals surface area contributed by atoms with Crippen LogP contribution in [0.1, 0.15) is 36.5 Å². The van der Waals surface area contributed by atoms with Crippen LogP contribution < -0.4 is 25.1 Å². The number of benzene rings is 4. The van der Waals surface area contributed by atoms with E-state index in [1.807, 2.05) is 25.1 Å². The molecule has 9 nitrogen and oxygen atoms in total. The number of methoxy groups -OCH3 is 2. The van der Waals surface area contributed by atoms with E-state index in [9.17, 15) is 14.0 Å². The number of ether oxygens (including phenoxy) is 3. The fourth-order valence-electron chi connectivity index (χ4n) is 4.98. The van der Waals surface area contributed by atoms with Gasteiger partial charge in [-0.1, -0.05) is 48.0 Å². The largest absolute Gasteiger partial charge is 0.496 e. The zero-order chi connectivity index (χ0) is 33.0. The molecule has 0 fully saturated rings. The van der Waals surface area contributed by atoms with Gasteiger partial charge in [0.15, 0.2) is 23.9 Å². The minimum absolute atomic E-state index is 0.144. The molecule has 5 rings (SSSR count). The monoisotopic (exact) mass is 686 g/mol. The molecule has 1 amide bonds. The van der Waals surface area contributed by atoms with Gasteiger partial charge in [0.1, 0.15) is 11.6 Å². The van der Waals surface area contributed by atoms with Gasteiger partial charge in [0.05, 0.1) is 31.3 Å². The Morgan fingerprint density at radius 3 is 2.52 bits per heavy atom. The molecule has 1 heterocycles. The van der Waals surface area contributed by atoms with Crippen LogP contribution >= 0.6 is 15.9 Å². The highest BCUT2D eigenvalue weighted by atomic mass is 79.9. The Morgan fingerprint density at radius 2 is 1.80 bits per heavy atom. The summed E-state index contributed by atoms with van der Waals surface area (Å²) in [5.41, 5.74) is 3.43. The van der Waals surface area contributed by atoms with Gasteiger partial charge in [0.2, 0.25) is 0 Å². The number of aryl methyl sites for hydroxylation is 1. The predicted molar refractivity (Wildman–Crippen MR) is 181 cm³/mol. The first kappa shape index (κ1) is 32.4. The summed E-state index contributed by atoms with van der Waals surface area (Å²) in [6.45, 7) is 5.66. The third kappa shape index (κ3) is 6.94. The second-order valence-electron chi connectivity index (χ2n) is 10.8. The Kier molecular flexibility index (Phi) is 9.81. The summed E-state index contributed by atoms with van der Waals surface area (Å²) < 4.78 is 32.6. The molecule has 46 heavy (non-hydrogen) atoms. The molecular weight excluding hydrogens is 655 g/mol. The van der Waals surface area contributed by atoms with Crippen molar-refractivity contribution in [3.63, 3.8) is 0 Å². The molecule has 0 atom stereocenters. The number of hydrogen-bond acceptors (Lipinski definition) is 7. The average molecular weight is 688 g/mol. The van der Waals surface area contributed by atoms with Crippen LogP contribution in [0, 0.1) is 12.7 Å². The van der Waals surface area contributed by atoms with Crippen molar-refractivity contribution >= 4 is 44.6 Å². The quantitative estimate of drug-likeness (QED) is 0.155. The number of nitrogens with zero attached hydrogens (tertiary/aromatic N) is 3. The van der Waals surface area contributed by atoms with Crippen LogP contribution in [-0.4, -0.2) is 42.6 Å². The molecule has 1 N–H and O–H groups in total. The summed E-state index contributed by atoms with van der Waals surface area (Å²) in [6, 6.07) is 20.0. The average Bonchev–Trinajstić information content (AvgIpc) is 3.03. The van der Waals surface area contributed by atoms with Gasteiger partial charge >= 0.3 is 0 Å². The molecule has 0 radical (unpaired) electrons. The summed E-state index contributed by atoms with van der Waals surface area (Å²) in [5.74, 6) is 0.799. The highest BCUT2D eigenvalue weighted by Gasteiger charge is 2.19. The molecule has 0 saturated heterocycles. The van der Waals surface area contributed by atoms with Crippen molar-refractivity contribution in [3.8, 4) is 28.6 Å². The summed E-state index contributed by atoms with van der Waals surface area (Å²) in [6.07, 6.45) is 1.46. The van der Waals surface area contributed by atoms with E-state index in [1.54, 1.807) is 43.5 Å². The maximum atomic E-state index is 13.9. The third-order valence-corrected chi connectivity index (χ3v) is 7.69. The van der Waals surface area contributed by atoms with E-state index in [-0.39, 0.29) is 17.2 Å². The van der Waals surface area contributed by atoms with E-state index in [4.69, 9.17) is 19.2 Å². The molecule has 236 valence electrons. The Bertz CT molecular complexity index is 2030. The second kappa shape index (κ2) is 13.9. The van der Waals surface area contributed by atoms with Crippen molar-refractivity contribution in [3.05, 3.63) is 110 Å². The van der Waals surface area contributed by atoms with E-state index in [1.165, 1.54) is 36.2 Å². The normalized spacial score (nSPS) is 11.3. The molecule has 1 aromatic heterocycles. The lowest BCUT2D eigenvalue weighted by atomic mass is 9.96. The first-order chi connectivity index (χ1) is 22.1. The van der Waals surface area contributed by atoms with Gasteiger partial charge in [-0.05, 0) is 78.6 Å². The summed E-state index contributed by atoms with van der Waals surface area (Å²) in [5, 5.41) is 7.63. The van der Waals surface area contributed by atoms with Gasteiger partial charge in [-0.3, -0.25) is 9.59 Å². The van der Waals surface area contributed by atoms with E-state index >= 15 is 0 Å². The predicted octanol–water partition coefficient (Wildman–Crippen LogP) is 7.31. The topological polar surface area (TPSA) is 104 Å². The number of amides is 1. The minimum Gasteiger partial charge on any atom is -0.496 e. The van der Waals surface area contributed by atoms with Crippen LogP contribution in [0.3, 0.4) is 0 Å². The van der Waals surface area contributed by atoms with Crippen LogP contribution in [0.4, 0.5) is 10.1 Å². The maximum Gasteiger partial charge on any atom is 0.282 e. The van der Waals surface area contributed by atoms with Gasteiger partial charge in [-0.2, -0.15) is 9.78 Å². The standard InChI is InChI=1S/C35H32BrFN4O5/c1-20(2)27-17-28(21(3)13-30(27)44-4)34-40-29-12-7-6-11-26(29)35(43)41(34)38-18-22-14-23(36)15-31(45-5)33(22)46-19-32(42)39-25-10-8-9-24(37)16-25/h6-18,20H,19H2,1-5H3,(H,39,42). The molecule has 0 aliphatic carbocycles. The van der Waals surface area contributed by atoms with Gasteiger partial charge in [0.25, 0.3) is 11.5 Å². The number of nitrogens with one attached hydrogen (secondary N) is 1. The Labute approximate surface area is 273 Å². The Morgan fingerprint density at radius 1 is 1.04 bits per heavy atom. The minimum atomic E-state index is -0.508. The summed E-state index contributed by atoms with van der Waals surface area (Å²) in [7, 11) is 3.10. The van der Waals surface area contributed by atoms with Crippen LogP contribution in [0.2, 0.25) is 0 Å². The molecule has 4 aromatic carbocycles. The lowest BCUT2D eigenvalue weighted by Crippen LogP contribution is -2.21. The molecule has 11 heteroatoms. The summed E-state index contributed by atoms with van der Waals surface area (Å²) >= 11 is 3.48. The van der Waals surface area contributed by atoms with Crippen molar-refractivity contribution in [2.75, 3.05) is 26.1 Å². The van der Waals surface area contributed by atoms with Crippen molar-refractivity contribution < 1.29 is 23.4 Å². The number of aromatic nitrogens is 2. The smallest absolute Gasteiger partial charge is 0.282 e. The number of halogens is 2. The Balaban J connectivity index is 1.59. The highest BCUT2D eigenvalue weighted by molar-refractivity contribution is 9.10. The van der Waals surface area contributed by atoms with Crippen molar-refractivity contribution in [2.45, 2.75) is 26.7 Å². The molecule has 5 aromatic rings. The van der Waals surface area contributed by atoms with Crippen LogP contribution in [0.25, 0.3) is 22.3 Å². The van der Waals surface area contributed by atoms with E-state index in [0.717, 1.165) is 22.4 Å². The van der Waals surface area contributed by atoms with Crippen molar-refractivity contribution in [1.29, 1.82) is 0 Å². The SMILES string of the molecule is COc1cc(C)c(-c2nc3ccccc3c(=O)n2N=Cc2cc(Br)cc(OC)c2OCC(=O)Nc2cccc(F)c2)cc1C(C)C. The number of para-hydroxylation sites is 1. The van der Waals surface area contributed by atoms with Gasteiger partial charge < -0.3 is 19.5 Å². The first-order valence-corrected chi connectivity index (χ1v) is 15.2. The molecule has 0 aliphatic rings. The van der Waals surface area contributed by atoms with E-state index in [0.29, 0.717) is 38.2 Å². The van der Waals surface area contributed by atoms with Crippen LogP contribution in [-0.2, 0) is 4.79 Å². The van der Waals surface area contributed by atoms with Crippen molar-refractivity contribution in [1.82, 2.24) is 9.66 Å². The van der Waals surface area contributed by atoms with Crippen LogP contribution in [0.15, 0.2) is 87.2 Å². The molecule has 0 saturated carbocycles. The van der Waals surface area contributed by atoms with E-state index < -0.39 is 18.3 Å². The Hall–Kier alpha value is -5.03. The number of carbonyl (C=O) groups is 1. The van der Waals surface area contributed by atoms with Gasteiger partial charge in [-0.15, -0.1) is 0 Å². The number of rotatable bonds is 10. The molecular formula is C35H32BrFN4O5. The summed E-state index contributed by atoms with van der Waals surface area (Å²) in [4.78, 5) is 31.5.